The molecule has 1 atom stereocenters. The Balaban J connectivity index is 1.36. The summed E-state index contributed by atoms with van der Waals surface area (Å²) in [5.74, 6) is 0.895. The van der Waals surface area contributed by atoms with Crippen LogP contribution in [-0.2, 0) is 19.5 Å². The van der Waals surface area contributed by atoms with Gasteiger partial charge in [-0.1, -0.05) is 84.9 Å². The van der Waals surface area contributed by atoms with E-state index in [9.17, 15) is 4.79 Å². The lowest BCUT2D eigenvalue weighted by Crippen LogP contribution is -2.56. The molecule has 7 rings (SSSR count). The molecule has 36 heavy (non-hydrogen) atoms. The molecule has 0 aliphatic carbocycles. The van der Waals surface area contributed by atoms with Crippen molar-refractivity contribution >= 4 is 22.4 Å². The van der Waals surface area contributed by atoms with Crippen molar-refractivity contribution in [1.82, 2.24) is 4.57 Å². The van der Waals surface area contributed by atoms with Crippen molar-refractivity contribution in [3.05, 3.63) is 132 Å². The first-order valence-electron chi connectivity index (χ1n) is 12.5. The number of hydrogen-bond acceptors (Lipinski definition) is 3. The Morgan fingerprint density at radius 1 is 0.722 bits per heavy atom. The van der Waals surface area contributed by atoms with Crippen LogP contribution in [0.3, 0.4) is 0 Å². The Morgan fingerprint density at radius 3 is 2.14 bits per heavy atom. The highest BCUT2D eigenvalue weighted by atomic mass is 16.5. The molecule has 2 aliphatic heterocycles. The lowest BCUT2D eigenvalue weighted by molar-refractivity contribution is 0.0372. The molecule has 0 bridgehead atoms. The van der Waals surface area contributed by atoms with Crippen molar-refractivity contribution in [2.75, 3.05) is 4.90 Å². The van der Waals surface area contributed by atoms with Crippen LogP contribution in [0.1, 0.15) is 33.6 Å². The summed E-state index contributed by atoms with van der Waals surface area (Å²) in [5.41, 5.74) is 5.34. The van der Waals surface area contributed by atoms with E-state index in [1.807, 2.05) is 54.6 Å². The van der Waals surface area contributed by atoms with Gasteiger partial charge >= 0.3 is 0 Å². The molecule has 2 aliphatic rings. The Bertz CT molecular complexity index is 1590. The van der Waals surface area contributed by atoms with E-state index < -0.39 is 5.72 Å². The number of ether oxygens (including phenoxy) is 1. The van der Waals surface area contributed by atoms with E-state index in [2.05, 4.69) is 64.1 Å². The van der Waals surface area contributed by atoms with Crippen molar-refractivity contribution in [3.8, 4) is 5.75 Å². The smallest absolute Gasteiger partial charge is 0.247 e. The molecule has 0 radical (unpaired) electrons. The second kappa shape index (κ2) is 8.13. The molecule has 4 heteroatoms. The molecule has 0 fully saturated rings. The summed E-state index contributed by atoms with van der Waals surface area (Å²) >= 11 is 0. The van der Waals surface area contributed by atoms with Gasteiger partial charge in [-0.2, -0.15) is 0 Å². The first-order chi connectivity index (χ1) is 17.7. The van der Waals surface area contributed by atoms with Crippen LogP contribution in [0.25, 0.3) is 10.9 Å². The largest absolute Gasteiger partial charge is 0.458 e. The number of nitrogens with zero attached hydrogens (tertiary/aromatic N) is 2. The highest BCUT2D eigenvalue weighted by Crippen LogP contribution is 2.49. The molecule has 0 N–H and O–H groups in total. The van der Waals surface area contributed by atoms with Gasteiger partial charge in [0, 0.05) is 30.5 Å². The average molecular weight is 471 g/mol. The van der Waals surface area contributed by atoms with Gasteiger partial charge in [0.15, 0.2) is 5.75 Å². The number of hydrogen-bond donors (Lipinski definition) is 0. The number of para-hydroxylation sites is 2. The second-order valence-corrected chi connectivity index (χ2v) is 9.67. The molecule has 4 aromatic carbocycles. The van der Waals surface area contributed by atoms with E-state index in [1.54, 1.807) is 0 Å². The van der Waals surface area contributed by atoms with Crippen molar-refractivity contribution < 1.29 is 9.53 Å². The van der Waals surface area contributed by atoms with E-state index >= 15 is 0 Å². The first kappa shape index (κ1) is 21.0. The molecular weight excluding hydrogens is 444 g/mol. The third-order valence-corrected chi connectivity index (χ3v) is 7.60. The topological polar surface area (TPSA) is 34.5 Å². The average Bonchev–Trinajstić information content (AvgIpc) is 3.35. The normalized spacial score (nSPS) is 18.3. The van der Waals surface area contributed by atoms with E-state index in [0.717, 1.165) is 52.1 Å². The van der Waals surface area contributed by atoms with Crippen LogP contribution in [0.15, 0.2) is 109 Å². The van der Waals surface area contributed by atoms with Crippen LogP contribution in [0, 0.1) is 0 Å². The maximum absolute atomic E-state index is 14.0. The Kier molecular flexibility index (Phi) is 4.74. The highest BCUT2D eigenvalue weighted by Gasteiger charge is 2.55. The number of aromatic nitrogens is 1. The maximum atomic E-state index is 14.0. The molecule has 0 saturated carbocycles. The molecule has 4 nitrogen and oxygen atoms in total. The zero-order chi connectivity index (χ0) is 24.1. The first-order valence-corrected chi connectivity index (χ1v) is 12.5. The minimum Gasteiger partial charge on any atom is -0.458 e. The van der Waals surface area contributed by atoms with Crippen molar-refractivity contribution in [1.29, 1.82) is 0 Å². The number of carbonyl (C=O) groups is 1. The summed E-state index contributed by atoms with van der Waals surface area (Å²) < 4.78 is 9.31. The number of fused-ring (bicyclic) bond motifs is 4. The lowest BCUT2D eigenvalue weighted by Gasteiger charge is -2.41. The third kappa shape index (κ3) is 3.11. The van der Waals surface area contributed by atoms with Crippen LogP contribution in [0.4, 0.5) is 5.69 Å². The second-order valence-electron chi connectivity index (χ2n) is 9.67. The van der Waals surface area contributed by atoms with Gasteiger partial charge in [0.2, 0.25) is 11.5 Å². The number of carbonyl (C=O) groups excluding carboxylic acids is 1. The fraction of sp³-hybridized carbons (Fsp3) is 0.156. The Hall–Kier alpha value is -4.31. The Labute approximate surface area is 210 Å². The predicted molar refractivity (Wildman–Crippen MR) is 143 cm³/mol. The van der Waals surface area contributed by atoms with Crippen molar-refractivity contribution in [2.45, 2.75) is 31.7 Å². The SMILES string of the molecule is O=C1c2ccccc2N(Cc2ccccc2)C12CCc1c(c3ccccc3n1Cc1ccccc1)O2. The minimum atomic E-state index is -1.05. The monoisotopic (exact) mass is 470 g/mol. The van der Waals surface area contributed by atoms with Gasteiger partial charge in [-0.15, -0.1) is 0 Å². The quantitative estimate of drug-likeness (QED) is 0.296. The molecular formula is C32H26N2O2. The summed E-state index contributed by atoms with van der Waals surface area (Å²) in [6.07, 6.45) is 1.37. The van der Waals surface area contributed by atoms with Crippen molar-refractivity contribution in [2.24, 2.45) is 0 Å². The highest BCUT2D eigenvalue weighted by molar-refractivity contribution is 6.13. The van der Waals surface area contributed by atoms with Gasteiger partial charge in [-0.05, 0) is 41.8 Å². The van der Waals surface area contributed by atoms with Gasteiger partial charge in [0.25, 0.3) is 0 Å². The van der Waals surface area contributed by atoms with Crippen LogP contribution in [-0.4, -0.2) is 16.1 Å². The van der Waals surface area contributed by atoms with Gasteiger partial charge in [0.05, 0.1) is 16.9 Å². The van der Waals surface area contributed by atoms with Gasteiger partial charge in [-0.3, -0.25) is 4.79 Å². The van der Waals surface area contributed by atoms with E-state index in [4.69, 9.17) is 4.74 Å². The summed E-state index contributed by atoms with van der Waals surface area (Å²) in [6, 6.07) is 37.2. The summed E-state index contributed by atoms with van der Waals surface area (Å²) in [4.78, 5) is 16.2. The molecule has 1 spiro atoms. The molecule has 5 aromatic rings. The number of rotatable bonds is 4. The van der Waals surface area contributed by atoms with E-state index in [0.29, 0.717) is 13.0 Å². The zero-order valence-corrected chi connectivity index (χ0v) is 19.9. The number of benzene rings is 4. The van der Waals surface area contributed by atoms with E-state index in [-0.39, 0.29) is 5.78 Å². The minimum absolute atomic E-state index is 0.0552. The summed E-state index contributed by atoms with van der Waals surface area (Å²) in [5, 5.41) is 1.06. The van der Waals surface area contributed by atoms with Crippen molar-refractivity contribution in [3.63, 3.8) is 0 Å². The van der Waals surface area contributed by atoms with Crippen LogP contribution in [0.2, 0.25) is 0 Å². The van der Waals surface area contributed by atoms with Crippen LogP contribution < -0.4 is 9.64 Å². The van der Waals surface area contributed by atoms with Gasteiger partial charge < -0.3 is 14.2 Å². The molecule has 1 aromatic heterocycles. The fourth-order valence-electron chi connectivity index (χ4n) is 5.90. The predicted octanol–water partition coefficient (Wildman–Crippen LogP) is 6.61. The van der Waals surface area contributed by atoms with Gasteiger partial charge in [0.1, 0.15) is 0 Å². The summed E-state index contributed by atoms with van der Waals surface area (Å²) in [6.45, 7) is 1.39. The van der Waals surface area contributed by atoms with Crippen LogP contribution in [0.5, 0.6) is 5.75 Å². The maximum Gasteiger partial charge on any atom is 0.247 e. The number of Topliss-reactive ketones (excluding diaryl/α,β-unsaturated/α-hetero) is 1. The fourth-order valence-corrected chi connectivity index (χ4v) is 5.90. The third-order valence-electron chi connectivity index (χ3n) is 7.60. The molecule has 1 unspecified atom stereocenters. The molecule has 0 amide bonds. The van der Waals surface area contributed by atoms with E-state index in [1.165, 1.54) is 5.56 Å². The Morgan fingerprint density at radius 2 is 1.36 bits per heavy atom. The number of anilines is 1. The molecule has 3 heterocycles. The standard InChI is InChI=1S/C32H26N2O2/c35-31-26-16-8-10-18-28(26)34(22-24-13-5-2-6-14-24)32(31)20-19-29-30(36-32)25-15-7-9-17-27(25)33(29)21-23-11-3-1-4-12-23/h1-18H,19-22H2. The molecule has 0 saturated heterocycles. The number of ketones is 1. The summed E-state index contributed by atoms with van der Waals surface area (Å²) in [7, 11) is 0. The van der Waals surface area contributed by atoms with Gasteiger partial charge in [-0.25, -0.2) is 0 Å². The molecule has 176 valence electrons. The lowest BCUT2D eigenvalue weighted by atomic mass is 9.95. The van der Waals surface area contributed by atoms with Crippen LogP contribution >= 0.6 is 0 Å². The zero-order valence-electron chi connectivity index (χ0n) is 19.9.